The molecule has 0 radical (unpaired) electrons. The molecule has 6 nitrogen and oxygen atoms in total. The third kappa shape index (κ3) is 3.36. The van der Waals surface area contributed by atoms with E-state index in [2.05, 4.69) is 0 Å². The van der Waals surface area contributed by atoms with E-state index in [1.807, 2.05) is 39.8 Å². The quantitative estimate of drug-likeness (QED) is 0.769. The van der Waals surface area contributed by atoms with E-state index in [1.54, 1.807) is 6.92 Å². The number of carbonyl (C=O) groups is 2. The molecule has 0 saturated heterocycles. The first-order valence-electron chi connectivity index (χ1n) is 9.81. The third-order valence-corrected chi connectivity index (χ3v) is 5.60. The minimum absolute atomic E-state index is 0.138. The van der Waals surface area contributed by atoms with Gasteiger partial charge in [-0.1, -0.05) is 20.3 Å². The van der Waals surface area contributed by atoms with Crippen molar-refractivity contribution in [3.8, 4) is 17.2 Å². The van der Waals surface area contributed by atoms with Gasteiger partial charge in [0.25, 0.3) is 0 Å². The van der Waals surface area contributed by atoms with Gasteiger partial charge in [-0.2, -0.15) is 0 Å². The Hall–Kier alpha value is -2.50. The van der Waals surface area contributed by atoms with Gasteiger partial charge in [-0.3, -0.25) is 9.59 Å². The Labute approximate surface area is 165 Å². The fourth-order valence-corrected chi connectivity index (χ4v) is 3.94. The summed E-state index contributed by atoms with van der Waals surface area (Å²) in [5.41, 5.74) is 0.508. The highest BCUT2D eigenvalue weighted by Crippen LogP contribution is 2.53. The van der Waals surface area contributed by atoms with E-state index < -0.39 is 23.4 Å². The van der Waals surface area contributed by atoms with Crippen molar-refractivity contribution in [3.05, 3.63) is 22.8 Å². The molecule has 152 valence electrons. The van der Waals surface area contributed by atoms with Gasteiger partial charge in [0.2, 0.25) is 0 Å². The van der Waals surface area contributed by atoms with Gasteiger partial charge in [0.15, 0.2) is 5.78 Å². The predicted octanol–water partition coefficient (Wildman–Crippen LogP) is 4.53. The van der Waals surface area contributed by atoms with Crippen molar-refractivity contribution >= 4 is 17.8 Å². The topological polar surface area (TPSA) is 93.1 Å². The predicted molar refractivity (Wildman–Crippen MR) is 105 cm³/mol. The molecule has 2 heterocycles. The van der Waals surface area contributed by atoms with E-state index in [4.69, 9.17) is 9.47 Å². The molecule has 0 unspecified atom stereocenters. The van der Waals surface area contributed by atoms with Gasteiger partial charge in [-0.15, -0.1) is 0 Å². The molecular formula is C22H28O6. The molecule has 2 N–H and O–H groups in total. The number of carboxylic acids is 1. The molecular weight excluding hydrogens is 360 g/mol. The highest BCUT2D eigenvalue weighted by Gasteiger charge is 2.41. The van der Waals surface area contributed by atoms with Crippen molar-refractivity contribution < 1.29 is 29.3 Å². The number of hydrogen-bond acceptors (Lipinski definition) is 5. The van der Waals surface area contributed by atoms with Crippen LogP contribution in [0.2, 0.25) is 0 Å². The SMILES string of the molecule is CCC[C@H](CC(=O)O)c1c(O)c2c(c3c1OC(C)(C)C=C3)O[C@@H](C)[C@H](C)C2=O. The molecule has 1 aromatic carbocycles. The summed E-state index contributed by atoms with van der Waals surface area (Å²) in [5.74, 6) is -1.49. The van der Waals surface area contributed by atoms with Crippen LogP contribution in [0, 0.1) is 5.92 Å². The Kier molecular flexibility index (Phi) is 5.17. The molecule has 1 aromatic rings. The maximum atomic E-state index is 13.0. The number of Topliss-reactive ketones (excluding diaryl/α,β-unsaturated/α-hetero) is 1. The summed E-state index contributed by atoms with van der Waals surface area (Å²) < 4.78 is 12.2. The van der Waals surface area contributed by atoms with Crippen molar-refractivity contribution in [2.24, 2.45) is 5.92 Å². The van der Waals surface area contributed by atoms with Gasteiger partial charge < -0.3 is 19.7 Å². The van der Waals surface area contributed by atoms with Gasteiger partial charge in [-0.05, 0) is 39.3 Å². The summed E-state index contributed by atoms with van der Waals surface area (Å²) in [7, 11) is 0. The highest BCUT2D eigenvalue weighted by molar-refractivity contribution is 6.06. The monoisotopic (exact) mass is 388 g/mol. The number of ketones is 1. The Morgan fingerprint density at radius 1 is 1.29 bits per heavy atom. The zero-order chi connectivity index (χ0) is 20.8. The molecule has 0 aromatic heterocycles. The van der Waals surface area contributed by atoms with Crippen LogP contribution in [0.3, 0.4) is 0 Å². The molecule has 0 bridgehead atoms. The average Bonchev–Trinajstić information content (AvgIpc) is 2.58. The van der Waals surface area contributed by atoms with Crippen molar-refractivity contribution in [2.45, 2.75) is 71.5 Å². The summed E-state index contributed by atoms with van der Waals surface area (Å²) in [4.78, 5) is 24.5. The van der Waals surface area contributed by atoms with Crippen LogP contribution in [-0.2, 0) is 4.79 Å². The zero-order valence-corrected chi connectivity index (χ0v) is 17.0. The number of phenolic OH excluding ortho intramolecular Hbond substituents is 1. The largest absolute Gasteiger partial charge is 0.507 e. The number of hydrogen-bond donors (Lipinski definition) is 2. The Morgan fingerprint density at radius 2 is 1.96 bits per heavy atom. The summed E-state index contributed by atoms with van der Waals surface area (Å²) in [6, 6.07) is 0. The summed E-state index contributed by atoms with van der Waals surface area (Å²) in [5, 5.41) is 20.6. The number of phenols is 1. The number of benzene rings is 1. The van der Waals surface area contributed by atoms with Crippen LogP contribution in [0.4, 0.5) is 0 Å². The lowest BCUT2D eigenvalue weighted by molar-refractivity contribution is -0.137. The zero-order valence-electron chi connectivity index (χ0n) is 17.0. The molecule has 0 saturated carbocycles. The highest BCUT2D eigenvalue weighted by atomic mass is 16.5. The summed E-state index contributed by atoms with van der Waals surface area (Å²) >= 11 is 0. The van der Waals surface area contributed by atoms with Crippen LogP contribution in [0.25, 0.3) is 6.08 Å². The van der Waals surface area contributed by atoms with Crippen LogP contribution < -0.4 is 9.47 Å². The molecule has 6 heteroatoms. The van der Waals surface area contributed by atoms with Crippen molar-refractivity contribution in [3.63, 3.8) is 0 Å². The van der Waals surface area contributed by atoms with E-state index in [1.165, 1.54) is 0 Å². The van der Waals surface area contributed by atoms with Crippen molar-refractivity contribution in [2.75, 3.05) is 0 Å². The maximum Gasteiger partial charge on any atom is 0.303 e. The fourth-order valence-electron chi connectivity index (χ4n) is 3.94. The first-order chi connectivity index (χ1) is 13.1. The number of rotatable bonds is 5. The van der Waals surface area contributed by atoms with Crippen LogP contribution >= 0.6 is 0 Å². The summed E-state index contributed by atoms with van der Waals surface area (Å²) in [6.45, 7) is 9.32. The molecule has 0 fully saturated rings. The summed E-state index contributed by atoms with van der Waals surface area (Å²) in [6.07, 6.45) is 4.53. The smallest absolute Gasteiger partial charge is 0.303 e. The minimum atomic E-state index is -0.959. The number of aromatic hydroxyl groups is 1. The standard InChI is InChI=1S/C22H28O6/c1-6-7-13(10-15(23)24)16-19(26)17-18(25)11(2)12(3)27-20(17)14-8-9-22(4,5)28-21(14)16/h8-9,11-13,26H,6-7,10H2,1-5H3,(H,23,24)/t11-,12-,13+/m0/s1. The Morgan fingerprint density at radius 3 is 2.57 bits per heavy atom. The molecule has 3 atom stereocenters. The van der Waals surface area contributed by atoms with Crippen molar-refractivity contribution in [1.82, 2.24) is 0 Å². The van der Waals surface area contributed by atoms with Gasteiger partial charge in [0, 0.05) is 11.5 Å². The van der Waals surface area contributed by atoms with Gasteiger partial charge in [-0.25, -0.2) is 0 Å². The van der Waals surface area contributed by atoms with E-state index in [-0.39, 0.29) is 29.6 Å². The van der Waals surface area contributed by atoms with E-state index >= 15 is 0 Å². The first-order valence-corrected chi connectivity index (χ1v) is 9.81. The molecule has 2 aliphatic rings. The molecule has 0 aliphatic carbocycles. The van der Waals surface area contributed by atoms with Crippen LogP contribution in [0.15, 0.2) is 6.08 Å². The number of carbonyl (C=O) groups excluding carboxylic acids is 1. The van der Waals surface area contributed by atoms with Crippen molar-refractivity contribution in [1.29, 1.82) is 0 Å². The van der Waals surface area contributed by atoms with E-state index in [0.717, 1.165) is 6.42 Å². The van der Waals surface area contributed by atoms with Gasteiger partial charge >= 0.3 is 5.97 Å². The van der Waals surface area contributed by atoms with Gasteiger partial charge in [0.1, 0.15) is 34.5 Å². The lowest BCUT2D eigenvalue weighted by Gasteiger charge is -2.36. The molecule has 0 spiro atoms. The number of carboxylic acid groups (broad SMARTS) is 1. The second-order valence-corrected chi connectivity index (χ2v) is 8.31. The second kappa shape index (κ2) is 7.15. The van der Waals surface area contributed by atoms with E-state index in [9.17, 15) is 19.8 Å². The number of aliphatic carboxylic acids is 1. The van der Waals surface area contributed by atoms with Crippen LogP contribution in [0.5, 0.6) is 17.2 Å². The third-order valence-electron chi connectivity index (χ3n) is 5.60. The second-order valence-electron chi connectivity index (χ2n) is 8.31. The lowest BCUT2D eigenvalue weighted by Crippen LogP contribution is -2.35. The first kappa shape index (κ1) is 20.2. The Balaban J connectivity index is 2.32. The van der Waals surface area contributed by atoms with Gasteiger partial charge in [0.05, 0.1) is 17.9 Å². The molecule has 0 amide bonds. The molecule has 28 heavy (non-hydrogen) atoms. The number of ether oxygens (including phenoxy) is 2. The van der Waals surface area contributed by atoms with Crippen LogP contribution in [-0.4, -0.2) is 33.7 Å². The lowest BCUT2D eigenvalue weighted by atomic mass is 9.81. The molecule has 3 rings (SSSR count). The van der Waals surface area contributed by atoms with E-state index in [0.29, 0.717) is 29.0 Å². The maximum absolute atomic E-state index is 13.0. The normalized spacial score (nSPS) is 23.2. The average molecular weight is 388 g/mol. The number of fused-ring (bicyclic) bond motifs is 3. The van der Waals surface area contributed by atoms with Crippen LogP contribution in [0.1, 0.15) is 81.3 Å². The minimum Gasteiger partial charge on any atom is -0.507 e. The Bertz CT molecular complexity index is 851. The molecule has 2 aliphatic heterocycles. The fraction of sp³-hybridized carbons (Fsp3) is 0.545.